The standard InChI is InChI=1S/C13H16F2N2O/c14-10-5-4-9(7-11(10)15)8-17-13(18)12-3-1-2-6-16-12/h4-5,7,12,16H,1-3,6,8H2,(H,17,18). The normalized spacial score (nSPS) is 19.6. The van der Waals surface area contributed by atoms with Crippen LogP contribution in [0.2, 0.25) is 0 Å². The Labute approximate surface area is 105 Å². The Balaban J connectivity index is 1.86. The van der Waals surface area contributed by atoms with Gasteiger partial charge in [-0.2, -0.15) is 0 Å². The highest BCUT2D eigenvalue weighted by Gasteiger charge is 2.19. The molecule has 2 N–H and O–H groups in total. The van der Waals surface area contributed by atoms with Crippen molar-refractivity contribution < 1.29 is 13.6 Å². The van der Waals surface area contributed by atoms with E-state index in [2.05, 4.69) is 10.6 Å². The summed E-state index contributed by atoms with van der Waals surface area (Å²) in [4.78, 5) is 11.8. The zero-order valence-corrected chi connectivity index (χ0v) is 10.0. The maximum atomic E-state index is 13.0. The van der Waals surface area contributed by atoms with Gasteiger partial charge in [0.15, 0.2) is 11.6 Å². The number of benzene rings is 1. The number of rotatable bonds is 3. The zero-order chi connectivity index (χ0) is 13.0. The molecule has 5 heteroatoms. The van der Waals surface area contributed by atoms with Crippen LogP contribution in [0, 0.1) is 11.6 Å². The number of nitrogens with one attached hydrogen (secondary N) is 2. The van der Waals surface area contributed by atoms with Crippen molar-refractivity contribution in [2.75, 3.05) is 6.54 Å². The second-order valence-corrected chi connectivity index (χ2v) is 4.47. The van der Waals surface area contributed by atoms with E-state index in [1.807, 2.05) is 0 Å². The minimum Gasteiger partial charge on any atom is -0.351 e. The molecule has 1 aromatic carbocycles. The first-order chi connectivity index (χ1) is 8.66. The minimum atomic E-state index is -0.891. The largest absolute Gasteiger partial charge is 0.351 e. The van der Waals surface area contributed by atoms with Gasteiger partial charge < -0.3 is 10.6 Å². The second kappa shape index (κ2) is 5.91. The van der Waals surface area contributed by atoms with E-state index in [0.717, 1.165) is 37.9 Å². The van der Waals surface area contributed by atoms with Gasteiger partial charge >= 0.3 is 0 Å². The van der Waals surface area contributed by atoms with E-state index in [4.69, 9.17) is 0 Å². The number of carbonyl (C=O) groups excluding carboxylic acids is 1. The summed E-state index contributed by atoms with van der Waals surface area (Å²) in [5.74, 6) is -1.85. The van der Waals surface area contributed by atoms with Crippen molar-refractivity contribution in [1.29, 1.82) is 0 Å². The van der Waals surface area contributed by atoms with Crippen LogP contribution in [0.4, 0.5) is 8.78 Å². The summed E-state index contributed by atoms with van der Waals surface area (Å²) >= 11 is 0. The number of hydrogen-bond acceptors (Lipinski definition) is 2. The molecule has 1 heterocycles. The summed E-state index contributed by atoms with van der Waals surface area (Å²) in [5, 5.41) is 5.85. The van der Waals surface area contributed by atoms with Crippen molar-refractivity contribution in [3.63, 3.8) is 0 Å². The van der Waals surface area contributed by atoms with Crippen LogP contribution in [0.3, 0.4) is 0 Å². The Hall–Kier alpha value is -1.49. The Morgan fingerprint density at radius 2 is 2.17 bits per heavy atom. The molecule has 1 fully saturated rings. The fourth-order valence-electron chi connectivity index (χ4n) is 2.04. The summed E-state index contributed by atoms with van der Waals surface area (Å²) in [5.41, 5.74) is 0.554. The van der Waals surface area contributed by atoms with Crippen molar-refractivity contribution in [2.24, 2.45) is 0 Å². The van der Waals surface area contributed by atoms with Gasteiger partial charge in [-0.15, -0.1) is 0 Å². The average molecular weight is 254 g/mol. The van der Waals surface area contributed by atoms with Crippen LogP contribution in [0.1, 0.15) is 24.8 Å². The van der Waals surface area contributed by atoms with Gasteiger partial charge in [-0.05, 0) is 37.1 Å². The third-order valence-electron chi connectivity index (χ3n) is 3.08. The quantitative estimate of drug-likeness (QED) is 0.862. The highest BCUT2D eigenvalue weighted by molar-refractivity contribution is 5.81. The van der Waals surface area contributed by atoms with Gasteiger partial charge in [-0.25, -0.2) is 8.78 Å². The summed E-state index contributed by atoms with van der Waals surface area (Å²) in [7, 11) is 0. The summed E-state index contributed by atoms with van der Waals surface area (Å²) in [6.07, 6.45) is 2.95. The topological polar surface area (TPSA) is 41.1 Å². The molecule has 1 amide bonds. The third kappa shape index (κ3) is 3.26. The van der Waals surface area contributed by atoms with E-state index in [9.17, 15) is 13.6 Å². The van der Waals surface area contributed by atoms with Gasteiger partial charge in [0.1, 0.15) is 0 Å². The first-order valence-corrected chi connectivity index (χ1v) is 6.12. The Bertz CT molecular complexity index is 431. The molecule has 98 valence electrons. The molecular formula is C13H16F2N2O. The van der Waals surface area contributed by atoms with Crippen LogP contribution in [0.15, 0.2) is 18.2 Å². The van der Waals surface area contributed by atoms with Crippen LogP contribution >= 0.6 is 0 Å². The number of amides is 1. The highest BCUT2D eigenvalue weighted by Crippen LogP contribution is 2.10. The summed E-state index contributed by atoms with van der Waals surface area (Å²) in [6.45, 7) is 1.07. The summed E-state index contributed by atoms with van der Waals surface area (Å²) in [6, 6.07) is 3.47. The van der Waals surface area contributed by atoms with Gasteiger partial charge in [0.25, 0.3) is 0 Å². The molecule has 0 saturated carbocycles. The van der Waals surface area contributed by atoms with Crippen LogP contribution < -0.4 is 10.6 Å². The van der Waals surface area contributed by atoms with Crippen molar-refractivity contribution >= 4 is 5.91 Å². The first kappa shape index (κ1) is 13.0. The molecule has 0 bridgehead atoms. The van der Waals surface area contributed by atoms with Crippen LogP contribution in [0.5, 0.6) is 0 Å². The molecule has 1 aromatic rings. The van der Waals surface area contributed by atoms with E-state index < -0.39 is 11.6 Å². The molecule has 0 aliphatic carbocycles. The van der Waals surface area contributed by atoms with Gasteiger partial charge in [-0.3, -0.25) is 4.79 Å². The van der Waals surface area contributed by atoms with E-state index in [0.29, 0.717) is 5.56 Å². The molecule has 18 heavy (non-hydrogen) atoms. The Morgan fingerprint density at radius 3 is 2.83 bits per heavy atom. The lowest BCUT2D eigenvalue weighted by molar-refractivity contribution is -0.123. The van der Waals surface area contributed by atoms with Crippen molar-refractivity contribution in [1.82, 2.24) is 10.6 Å². The van der Waals surface area contributed by atoms with Gasteiger partial charge in [0, 0.05) is 6.54 Å². The van der Waals surface area contributed by atoms with Crippen molar-refractivity contribution in [2.45, 2.75) is 31.8 Å². The van der Waals surface area contributed by atoms with Crippen LogP contribution in [-0.4, -0.2) is 18.5 Å². The van der Waals surface area contributed by atoms with Gasteiger partial charge in [0.2, 0.25) is 5.91 Å². The molecular weight excluding hydrogens is 238 g/mol. The lowest BCUT2D eigenvalue weighted by atomic mass is 10.0. The highest BCUT2D eigenvalue weighted by atomic mass is 19.2. The van der Waals surface area contributed by atoms with E-state index in [-0.39, 0.29) is 18.5 Å². The first-order valence-electron chi connectivity index (χ1n) is 6.12. The fraction of sp³-hybridized carbons (Fsp3) is 0.462. The van der Waals surface area contributed by atoms with E-state index >= 15 is 0 Å². The zero-order valence-electron chi connectivity index (χ0n) is 10.0. The van der Waals surface area contributed by atoms with Crippen LogP contribution in [-0.2, 0) is 11.3 Å². The Morgan fingerprint density at radius 1 is 1.33 bits per heavy atom. The molecule has 1 unspecified atom stereocenters. The minimum absolute atomic E-state index is 0.0839. The molecule has 2 rings (SSSR count). The maximum absolute atomic E-state index is 13.0. The predicted molar refractivity (Wildman–Crippen MR) is 63.8 cm³/mol. The number of halogens is 2. The third-order valence-corrected chi connectivity index (χ3v) is 3.08. The van der Waals surface area contributed by atoms with Crippen molar-refractivity contribution in [3.8, 4) is 0 Å². The molecule has 1 saturated heterocycles. The molecule has 0 spiro atoms. The molecule has 0 radical (unpaired) electrons. The molecule has 1 atom stereocenters. The molecule has 3 nitrogen and oxygen atoms in total. The van der Waals surface area contributed by atoms with Gasteiger partial charge in [-0.1, -0.05) is 12.5 Å². The van der Waals surface area contributed by atoms with Crippen molar-refractivity contribution in [3.05, 3.63) is 35.4 Å². The monoisotopic (exact) mass is 254 g/mol. The maximum Gasteiger partial charge on any atom is 0.237 e. The average Bonchev–Trinajstić information content (AvgIpc) is 2.41. The number of carbonyl (C=O) groups is 1. The number of hydrogen-bond donors (Lipinski definition) is 2. The molecule has 1 aliphatic heterocycles. The lowest BCUT2D eigenvalue weighted by Gasteiger charge is -2.22. The van der Waals surface area contributed by atoms with Crippen LogP contribution in [0.25, 0.3) is 0 Å². The SMILES string of the molecule is O=C(NCc1ccc(F)c(F)c1)C1CCCCN1. The summed E-state index contributed by atoms with van der Waals surface area (Å²) < 4.78 is 25.7. The molecule has 0 aromatic heterocycles. The second-order valence-electron chi connectivity index (χ2n) is 4.47. The van der Waals surface area contributed by atoms with E-state index in [1.165, 1.54) is 6.07 Å². The predicted octanol–water partition coefficient (Wildman–Crippen LogP) is 1.72. The smallest absolute Gasteiger partial charge is 0.237 e. The Kier molecular flexibility index (Phi) is 4.25. The van der Waals surface area contributed by atoms with Gasteiger partial charge in [0.05, 0.1) is 6.04 Å². The fourth-order valence-corrected chi connectivity index (χ4v) is 2.04. The lowest BCUT2D eigenvalue weighted by Crippen LogP contribution is -2.46. The van der Waals surface area contributed by atoms with E-state index in [1.54, 1.807) is 0 Å². The number of piperidine rings is 1. The molecule has 1 aliphatic rings.